The lowest BCUT2D eigenvalue weighted by atomic mass is 9.97. The zero-order chi connectivity index (χ0) is 23.7. The summed E-state index contributed by atoms with van der Waals surface area (Å²) in [5.41, 5.74) is 5.50. The third-order valence-electron chi connectivity index (χ3n) is 6.74. The van der Waals surface area contributed by atoms with Crippen LogP contribution in [0.25, 0.3) is 22.2 Å². The van der Waals surface area contributed by atoms with Crippen LogP contribution in [0.4, 0.5) is 0 Å². The van der Waals surface area contributed by atoms with E-state index >= 15 is 0 Å². The van der Waals surface area contributed by atoms with Crippen LogP contribution in [-0.4, -0.2) is 20.3 Å². The molecule has 1 aliphatic heterocycles. The Morgan fingerprint density at radius 3 is 2.30 bits per heavy atom. The smallest absolute Gasteiger partial charge is 0.331 e. The molecule has 0 N–H and O–H groups in total. The predicted molar refractivity (Wildman–Crippen MR) is 131 cm³/mol. The molecular formula is C27H29N3O3. The average molecular weight is 444 g/mol. The number of hydrogen-bond acceptors (Lipinski definition) is 3. The molecule has 0 bridgehead atoms. The fraction of sp³-hybridized carbons (Fsp3) is 0.333. The molecule has 2 aromatic heterocycles. The predicted octanol–water partition coefficient (Wildman–Crippen LogP) is 4.18. The summed E-state index contributed by atoms with van der Waals surface area (Å²) in [6, 6.07) is 16.4. The number of ether oxygens (including phenoxy) is 1. The molecule has 0 fully saturated rings. The second-order valence-electron chi connectivity index (χ2n) is 9.78. The highest BCUT2D eigenvalue weighted by atomic mass is 16.5. The minimum Gasteiger partial charge on any atom is -0.365 e. The number of aryl methyl sites for hydroxylation is 3. The van der Waals surface area contributed by atoms with Gasteiger partial charge in [-0.3, -0.25) is 13.9 Å². The van der Waals surface area contributed by atoms with Gasteiger partial charge in [0, 0.05) is 14.1 Å². The summed E-state index contributed by atoms with van der Waals surface area (Å²) in [4.78, 5) is 26.6. The summed E-state index contributed by atoms with van der Waals surface area (Å²) >= 11 is 0. The van der Waals surface area contributed by atoms with Crippen molar-refractivity contribution in [3.05, 3.63) is 91.8 Å². The van der Waals surface area contributed by atoms with E-state index in [4.69, 9.17) is 4.74 Å². The van der Waals surface area contributed by atoms with E-state index in [1.807, 2.05) is 19.1 Å². The Hall–Kier alpha value is -3.38. The van der Waals surface area contributed by atoms with Gasteiger partial charge < -0.3 is 9.30 Å². The minimum atomic E-state index is -0.421. The first kappa shape index (κ1) is 21.5. The van der Waals surface area contributed by atoms with Crippen molar-refractivity contribution in [2.24, 2.45) is 14.1 Å². The normalized spacial score (nSPS) is 17.3. The van der Waals surface area contributed by atoms with Gasteiger partial charge in [0.1, 0.15) is 6.10 Å². The summed E-state index contributed by atoms with van der Waals surface area (Å²) in [5, 5.41) is 0.551. The van der Waals surface area contributed by atoms with Crippen LogP contribution in [-0.2, 0) is 24.4 Å². The summed E-state index contributed by atoms with van der Waals surface area (Å²) in [6.45, 7) is 8.80. The van der Waals surface area contributed by atoms with Crippen molar-refractivity contribution < 1.29 is 4.74 Å². The van der Waals surface area contributed by atoms with Crippen molar-refractivity contribution in [3.8, 4) is 11.3 Å². The molecule has 0 saturated carbocycles. The highest BCUT2D eigenvalue weighted by molar-refractivity contribution is 5.96. The molecule has 5 rings (SSSR count). The van der Waals surface area contributed by atoms with Crippen LogP contribution in [0, 0.1) is 13.8 Å². The van der Waals surface area contributed by atoms with Gasteiger partial charge in [-0.05, 0) is 38.8 Å². The zero-order valence-corrected chi connectivity index (χ0v) is 20.0. The summed E-state index contributed by atoms with van der Waals surface area (Å²) in [6.07, 6.45) is -0.391. The van der Waals surface area contributed by atoms with E-state index in [1.54, 1.807) is 18.7 Å². The molecular weight excluding hydrogens is 414 g/mol. The second-order valence-corrected chi connectivity index (χ2v) is 9.78. The maximum Gasteiger partial charge on any atom is 0.331 e. The first-order valence-electron chi connectivity index (χ1n) is 11.2. The van der Waals surface area contributed by atoms with Gasteiger partial charge in [-0.15, -0.1) is 0 Å². The van der Waals surface area contributed by atoms with Gasteiger partial charge in [0.15, 0.2) is 0 Å². The quantitative estimate of drug-likeness (QED) is 0.467. The van der Waals surface area contributed by atoms with Crippen LogP contribution in [0.5, 0.6) is 0 Å². The maximum atomic E-state index is 13.6. The van der Waals surface area contributed by atoms with E-state index in [-0.39, 0.29) is 11.2 Å². The van der Waals surface area contributed by atoms with Crippen LogP contribution >= 0.6 is 0 Å². The van der Waals surface area contributed by atoms with E-state index in [1.165, 1.54) is 4.57 Å². The van der Waals surface area contributed by atoms with Crippen LogP contribution in [0.2, 0.25) is 0 Å². The fourth-order valence-electron chi connectivity index (χ4n) is 5.07. The van der Waals surface area contributed by atoms with Crippen molar-refractivity contribution in [2.45, 2.75) is 39.3 Å². The Morgan fingerprint density at radius 1 is 0.939 bits per heavy atom. The molecule has 33 heavy (non-hydrogen) atoms. The van der Waals surface area contributed by atoms with Gasteiger partial charge in [0.05, 0.1) is 34.4 Å². The molecule has 6 heteroatoms. The van der Waals surface area contributed by atoms with E-state index in [0.717, 1.165) is 33.6 Å². The van der Waals surface area contributed by atoms with E-state index in [2.05, 4.69) is 61.7 Å². The minimum absolute atomic E-state index is 0.288. The number of nitrogens with zero attached hydrogens (tertiary/aromatic N) is 3. The highest BCUT2D eigenvalue weighted by Gasteiger charge is 2.40. The molecule has 2 aromatic carbocycles. The molecule has 6 nitrogen and oxygen atoms in total. The lowest BCUT2D eigenvalue weighted by Gasteiger charge is -2.39. The number of fused-ring (bicyclic) bond motifs is 3. The molecule has 3 heterocycles. The lowest BCUT2D eigenvalue weighted by Crippen LogP contribution is -2.40. The van der Waals surface area contributed by atoms with E-state index in [0.29, 0.717) is 17.5 Å². The molecule has 0 saturated heterocycles. The highest BCUT2D eigenvalue weighted by Crippen LogP contribution is 2.45. The molecule has 4 aromatic rings. The van der Waals surface area contributed by atoms with Crippen LogP contribution in [0.15, 0.2) is 58.1 Å². The first-order valence-corrected chi connectivity index (χ1v) is 11.2. The van der Waals surface area contributed by atoms with Gasteiger partial charge in [-0.25, -0.2) is 4.79 Å². The Bertz CT molecular complexity index is 1520. The molecule has 0 amide bonds. The molecule has 0 spiro atoms. The Morgan fingerprint density at radius 2 is 1.64 bits per heavy atom. The standard InChI is InChI=1S/C27H29N3O3/c1-16-10-12-18(13-11-16)21-20-22(28(5)26(32)29(6)25(20)31)23-24(19-9-7-8-17(2)14-19)33-15-27(3,4)30(21)23/h7-14,24H,15H2,1-6H3/t24-/m1/s1. The van der Waals surface area contributed by atoms with Crippen molar-refractivity contribution in [1.29, 1.82) is 0 Å². The molecule has 0 aliphatic carbocycles. The largest absolute Gasteiger partial charge is 0.365 e. The van der Waals surface area contributed by atoms with Gasteiger partial charge in [-0.1, -0.05) is 59.7 Å². The monoisotopic (exact) mass is 443 g/mol. The van der Waals surface area contributed by atoms with Gasteiger partial charge >= 0.3 is 5.69 Å². The average Bonchev–Trinajstić information content (AvgIpc) is 3.14. The summed E-state index contributed by atoms with van der Waals surface area (Å²) in [5.74, 6) is 0. The van der Waals surface area contributed by atoms with Gasteiger partial charge in [0.25, 0.3) is 5.56 Å². The van der Waals surface area contributed by atoms with Crippen molar-refractivity contribution >= 4 is 10.9 Å². The third kappa shape index (κ3) is 3.12. The van der Waals surface area contributed by atoms with E-state index in [9.17, 15) is 9.59 Å². The Kier molecular flexibility index (Phi) is 4.76. The fourth-order valence-corrected chi connectivity index (χ4v) is 5.07. The SMILES string of the molecule is Cc1ccc(-c2c3c(=O)n(C)c(=O)n(C)c3c3n2C(C)(C)CO[C@@H]3c2cccc(C)c2)cc1. The zero-order valence-electron chi connectivity index (χ0n) is 20.0. The number of aromatic nitrogens is 3. The summed E-state index contributed by atoms with van der Waals surface area (Å²) < 4.78 is 11.5. The van der Waals surface area contributed by atoms with Gasteiger partial charge in [-0.2, -0.15) is 0 Å². The lowest BCUT2D eigenvalue weighted by molar-refractivity contribution is -0.00709. The van der Waals surface area contributed by atoms with Crippen LogP contribution in [0.1, 0.15) is 42.3 Å². The number of benzene rings is 2. The van der Waals surface area contributed by atoms with Crippen molar-refractivity contribution in [1.82, 2.24) is 13.7 Å². The maximum absolute atomic E-state index is 13.6. The molecule has 1 atom stereocenters. The summed E-state index contributed by atoms with van der Waals surface area (Å²) in [7, 11) is 3.28. The first-order chi connectivity index (χ1) is 15.6. The van der Waals surface area contributed by atoms with E-state index < -0.39 is 11.6 Å². The molecule has 1 aliphatic rings. The third-order valence-corrected chi connectivity index (χ3v) is 6.74. The van der Waals surface area contributed by atoms with Crippen LogP contribution < -0.4 is 11.2 Å². The van der Waals surface area contributed by atoms with Gasteiger partial charge in [0.2, 0.25) is 0 Å². The Balaban J connectivity index is 2.01. The molecule has 0 radical (unpaired) electrons. The molecule has 170 valence electrons. The number of rotatable bonds is 2. The number of hydrogen-bond donors (Lipinski definition) is 0. The second kappa shape index (κ2) is 7.32. The topological polar surface area (TPSA) is 58.2 Å². The van der Waals surface area contributed by atoms with Crippen LogP contribution in [0.3, 0.4) is 0 Å². The van der Waals surface area contributed by atoms with Crippen molar-refractivity contribution in [3.63, 3.8) is 0 Å². The Labute approximate surface area is 192 Å². The van der Waals surface area contributed by atoms with Crippen molar-refractivity contribution in [2.75, 3.05) is 6.61 Å². The molecule has 0 unspecified atom stereocenters.